The number of carbonyl (C=O) groups excluding carboxylic acids is 2. The number of hydrogen-bond donors (Lipinski definition) is 1. The Bertz CT molecular complexity index is 1220. The van der Waals surface area contributed by atoms with Crippen LogP contribution in [0.2, 0.25) is 0 Å². The summed E-state index contributed by atoms with van der Waals surface area (Å²) < 4.78 is 17.1. The van der Waals surface area contributed by atoms with Crippen LogP contribution in [0.3, 0.4) is 0 Å². The second-order valence-electron chi connectivity index (χ2n) is 7.41. The molecule has 2 heterocycles. The average molecular weight is 493 g/mol. The summed E-state index contributed by atoms with van der Waals surface area (Å²) in [6.45, 7) is 3.57. The predicted molar refractivity (Wildman–Crippen MR) is 134 cm³/mol. The van der Waals surface area contributed by atoms with Crippen LogP contribution in [0.1, 0.15) is 12.5 Å². The molecule has 1 N–H and O–H groups in total. The maximum atomic E-state index is 11.7. The zero-order chi connectivity index (χ0) is 24.6. The maximum Gasteiger partial charge on any atom is 0.290 e. The van der Waals surface area contributed by atoms with Gasteiger partial charge in [-0.2, -0.15) is 0 Å². The minimum absolute atomic E-state index is 0.358. The SMILES string of the molecule is CCOc1ccc(Oc2cc(N(C)CCOc3ccc(/C=C4\SC(=O)NC4=O)cc3)ncn2)cc1. The topological polar surface area (TPSA) is 103 Å². The van der Waals surface area contributed by atoms with E-state index in [1.54, 1.807) is 12.1 Å². The Morgan fingerprint density at radius 2 is 1.66 bits per heavy atom. The first-order chi connectivity index (χ1) is 17.0. The first-order valence-electron chi connectivity index (χ1n) is 10.9. The van der Waals surface area contributed by atoms with Gasteiger partial charge in [0.1, 0.15) is 36.0 Å². The summed E-state index contributed by atoms with van der Waals surface area (Å²) in [5.41, 5.74) is 0.808. The summed E-state index contributed by atoms with van der Waals surface area (Å²) in [5, 5.41) is 1.88. The van der Waals surface area contributed by atoms with Gasteiger partial charge in [-0.15, -0.1) is 0 Å². The third kappa shape index (κ3) is 6.73. The van der Waals surface area contributed by atoms with Crippen LogP contribution in [-0.2, 0) is 4.79 Å². The number of anilines is 1. The number of thioether (sulfide) groups is 1. The molecular formula is C25H24N4O5S. The van der Waals surface area contributed by atoms with Crippen molar-refractivity contribution in [3.8, 4) is 23.1 Å². The summed E-state index contributed by atoms with van der Waals surface area (Å²) in [4.78, 5) is 33.7. The highest BCUT2D eigenvalue weighted by atomic mass is 32.2. The fraction of sp³-hybridized carbons (Fsp3) is 0.200. The standard InChI is InChI=1S/C25H24N4O5S/c1-3-32-18-8-10-20(11-9-18)34-23-15-22(26-16-27-23)29(2)12-13-33-19-6-4-17(5-7-19)14-21-24(30)28-25(31)35-21/h4-11,14-16H,3,12-13H2,1-2H3,(H,28,30,31)/b21-14-. The molecule has 0 atom stereocenters. The fourth-order valence-corrected chi connectivity index (χ4v) is 3.82. The fourth-order valence-electron chi connectivity index (χ4n) is 3.13. The van der Waals surface area contributed by atoms with Crippen LogP contribution >= 0.6 is 11.8 Å². The third-order valence-corrected chi connectivity index (χ3v) is 5.70. The minimum Gasteiger partial charge on any atom is -0.494 e. The molecule has 180 valence electrons. The molecule has 0 unspecified atom stereocenters. The molecule has 0 radical (unpaired) electrons. The monoisotopic (exact) mass is 492 g/mol. The van der Waals surface area contributed by atoms with E-state index in [2.05, 4.69) is 15.3 Å². The predicted octanol–water partition coefficient (Wildman–Crippen LogP) is 4.51. The Balaban J connectivity index is 1.28. The molecule has 1 aromatic heterocycles. The number of hydrogen-bond acceptors (Lipinski definition) is 9. The summed E-state index contributed by atoms with van der Waals surface area (Å²) >= 11 is 0.892. The molecule has 1 fully saturated rings. The van der Waals surface area contributed by atoms with E-state index in [1.807, 2.05) is 67.4 Å². The summed E-state index contributed by atoms with van der Waals surface area (Å²) in [7, 11) is 1.91. The lowest BCUT2D eigenvalue weighted by Gasteiger charge is -2.18. The van der Waals surface area contributed by atoms with Crippen molar-refractivity contribution in [2.24, 2.45) is 0 Å². The largest absolute Gasteiger partial charge is 0.494 e. The van der Waals surface area contributed by atoms with Gasteiger partial charge in [-0.3, -0.25) is 14.9 Å². The Kier molecular flexibility index (Phi) is 7.84. The number of nitrogens with zero attached hydrogens (tertiary/aromatic N) is 3. The van der Waals surface area contributed by atoms with Gasteiger partial charge in [-0.25, -0.2) is 9.97 Å². The Hall–Kier alpha value is -4.05. The number of nitrogens with one attached hydrogen (secondary N) is 1. The third-order valence-electron chi connectivity index (χ3n) is 4.89. The van der Waals surface area contributed by atoms with Crippen molar-refractivity contribution >= 4 is 34.8 Å². The highest BCUT2D eigenvalue weighted by Crippen LogP contribution is 2.26. The van der Waals surface area contributed by atoms with E-state index >= 15 is 0 Å². The number of rotatable bonds is 10. The second-order valence-corrected chi connectivity index (χ2v) is 8.43. The summed E-state index contributed by atoms with van der Waals surface area (Å²) in [6.07, 6.45) is 3.13. The van der Waals surface area contributed by atoms with Gasteiger partial charge < -0.3 is 19.1 Å². The highest BCUT2D eigenvalue weighted by molar-refractivity contribution is 8.18. The van der Waals surface area contributed by atoms with Crippen LogP contribution < -0.4 is 24.4 Å². The van der Waals surface area contributed by atoms with E-state index in [4.69, 9.17) is 14.2 Å². The van der Waals surface area contributed by atoms with Gasteiger partial charge in [0.15, 0.2) is 0 Å². The van der Waals surface area contributed by atoms with E-state index in [1.165, 1.54) is 6.33 Å². The molecule has 1 aliphatic heterocycles. The lowest BCUT2D eigenvalue weighted by molar-refractivity contribution is -0.115. The van der Waals surface area contributed by atoms with Crippen molar-refractivity contribution in [1.29, 1.82) is 0 Å². The minimum atomic E-state index is -0.374. The normalized spacial score (nSPS) is 14.1. The molecule has 9 nitrogen and oxygen atoms in total. The van der Waals surface area contributed by atoms with Crippen molar-refractivity contribution in [3.05, 3.63) is 71.4 Å². The summed E-state index contributed by atoms with van der Waals surface area (Å²) in [5.74, 6) is 2.90. The van der Waals surface area contributed by atoms with Gasteiger partial charge >= 0.3 is 0 Å². The average Bonchev–Trinajstić information content (AvgIpc) is 3.18. The van der Waals surface area contributed by atoms with E-state index in [0.29, 0.717) is 47.9 Å². The zero-order valence-electron chi connectivity index (χ0n) is 19.3. The lowest BCUT2D eigenvalue weighted by atomic mass is 10.2. The number of ether oxygens (including phenoxy) is 3. The van der Waals surface area contributed by atoms with Crippen molar-refractivity contribution < 1.29 is 23.8 Å². The van der Waals surface area contributed by atoms with Crippen LogP contribution in [0.5, 0.6) is 23.1 Å². The number of aromatic nitrogens is 2. The highest BCUT2D eigenvalue weighted by Gasteiger charge is 2.24. The van der Waals surface area contributed by atoms with Gasteiger partial charge in [0.05, 0.1) is 18.1 Å². The molecule has 1 saturated heterocycles. The molecular weight excluding hydrogens is 468 g/mol. The van der Waals surface area contributed by atoms with Crippen LogP contribution in [-0.4, -0.2) is 47.9 Å². The van der Waals surface area contributed by atoms with Crippen molar-refractivity contribution in [2.45, 2.75) is 6.92 Å². The number of carbonyl (C=O) groups is 2. The Morgan fingerprint density at radius 1 is 0.971 bits per heavy atom. The Morgan fingerprint density at radius 3 is 2.34 bits per heavy atom. The molecule has 0 bridgehead atoms. The molecule has 3 aromatic rings. The molecule has 2 aromatic carbocycles. The van der Waals surface area contributed by atoms with Crippen LogP contribution in [0.15, 0.2) is 65.8 Å². The van der Waals surface area contributed by atoms with E-state index in [0.717, 1.165) is 23.1 Å². The van der Waals surface area contributed by atoms with E-state index in [9.17, 15) is 9.59 Å². The van der Waals surface area contributed by atoms with Crippen molar-refractivity contribution in [1.82, 2.24) is 15.3 Å². The second kappa shape index (κ2) is 11.4. The van der Waals surface area contributed by atoms with Gasteiger partial charge in [0.25, 0.3) is 11.1 Å². The maximum absolute atomic E-state index is 11.7. The van der Waals surface area contributed by atoms with Crippen LogP contribution in [0.25, 0.3) is 6.08 Å². The zero-order valence-corrected chi connectivity index (χ0v) is 20.1. The number of imide groups is 1. The Labute approximate surface area is 207 Å². The van der Waals surface area contributed by atoms with Crippen molar-refractivity contribution in [2.75, 3.05) is 31.7 Å². The summed E-state index contributed by atoms with van der Waals surface area (Å²) in [6, 6.07) is 16.4. The van der Waals surface area contributed by atoms with Gasteiger partial charge in [0.2, 0.25) is 5.88 Å². The van der Waals surface area contributed by atoms with Crippen molar-refractivity contribution in [3.63, 3.8) is 0 Å². The quantitative estimate of drug-likeness (QED) is 0.410. The molecule has 1 aliphatic rings. The number of benzene rings is 2. The van der Waals surface area contributed by atoms with Crippen LogP contribution in [0, 0.1) is 0 Å². The first kappa shape index (κ1) is 24.1. The molecule has 10 heteroatoms. The lowest BCUT2D eigenvalue weighted by Crippen LogP contribution is -2.24. The molecule has 35 heavy (non-hydrogen) atoms. The van der Waals surface area contributed by atoms with Gasteiger partial charge in [0, 0.05) is 13.1 Å². The molecule has 2 amide bonds. The molecule has 0 spiro atoms. The first-order valence-corrected chi connectivity index (χ1v) is 11.7. The smallest absolute Gasteiger partial charge is 0.290 e. The number of likely N-dealkylation sites (N-methyl/N-ethyl adjacent to an activating group) is 1. The molecule has 0 saturated carbocycles. The van der Waals surface area contributed by atoms with E-state index in [-0.39, 0.29) is 11.1 Å². The molecule has 0 aliphatic carbocycles. The van der Waals surface area contributed by atoms with Gasteiger partial charge in [-0.05, 0) is 66.7 Å². The molecule has 4 rings (SSSR count). The van der Waals surface area contributed by atoms with Crippen LogP contribution in [0.4, 0.5) is 10.6 Å². The number of amides is 2. The van der Waals surface area contributed by atoms with E-state index < -0.39 is 0 Å². The van der Waals surface area contributed by atoms with Gasteiger partial charge in [-0.1, -0.05) is 12.1 Å².